The molecule has 1 aliphatic heterocycles. The number of nitro benzene ring substituents is 1. The molecule has 1 aromatic carbocycles. The third-order valence-electron chi connectivity index (χ3n) is 3.28. The highest BCUT2D eigenvalue weighted by Crippen LogP contribution is 2.22. The molecule has 1 heterocycles. The first-order chi connectivity index (χ1) is 9.78. The molecule has 1 atom stereocenters. The van der Waals surface area contributed by atoms with Crippen molar-refractivity contribution in [3.63, 3.8) is 0 Å². The van der Waals surface area contributed by atoms with Gasteiger partial charge >= 0.3 is 0 Å². The Morgan fingerprint density at radius 2 is 2.19 bits per heavy atom. The Hall–Kier alpha value is -1.67. The maximum atomic E-state index is 12.0. The Morgan fingerprint density at radius 3 is 2.76 bits per heavy atom. The van der Waals surface area contributed by atoms with Crippen LogP contribution in [0.25, 0.3) is 0 Å². The minimum absolute atomic E-state index is 0.00622. The number of nitro groups is 1. The standard InChI is InChI=1S/C12H13ClN2O5S/c13-11-2-1-9(15(17)18)5-10(11)12(16)14-6-8-3-4-21(19,20)7-8/h1-2,5,8H,3-4,6-7H2,(H,14,16). The number of nitrogens with zero attached hydrogens (tertiary/aromatic N) is 1. The fourth-order valence-electron chi connectivity index (χ4n) is 2.17. The molecule has 9 heteroatoms. The lowest BCUT2D eigenvalue weighted by Crippen LogP contribution is -2.30. The summed E-state index contributed by atoms with van der Waals surface area (Å²) in [6.07, 6.45) is 0.505. The quantitative estimate of drug-likeness (QED) is 0.662. The Bertz CT molecular complexity index is 689. The van der Waals surface area contributed by atoms with Gasteiger partial charge in [-0.25, -0.2) is 8.42 Å². The van der Waals surface area contributed by atoms with Crippen LogP contribution in [0, 0.1) is 16.0 Å². The van der Waals surface area contributed by atoms with Crippen molar-refractivity contribution in [3.05, 3.63) is 38.9 Å². The van der Waals surface area contributed by atoms with Crippen molar-refractivity contribution in [2.24, 2.45) is 5.92 Å². The Labute approximate surface area is 126 Å². The molecule has 2 rings (SSSR count). The van der Waals surface area contributed by atoms with E-state index < -0.39 is 20.7 Å². The molecule has 7 nitrogen and oxygen atoms in total. The summed E-state index contributed by atoms with van der Waals surface area (Å²) in [5.41, 5.74) is -0.222. The first-order valence-electron chi connectivity index (χ1n) is 6.21. The normalized spacial score (nSPS) is 20.1. The van der Waals surface area contributed by atoms with Crippen molar-refractivity contribution in [2.75, 3.05) is 18.1 Å². The van der Waals surface area contributed by atoms with Gasteiger partial charge in [0.1, 0.15) is 0 Å². The zero-order valence-electron chi connectivity index (χ0n) is 10.9. The zero-order valence-corrected chi connectivity index (χ0v) is 12.5. The van der Waals surface area contributed by atoms with E-state index in [4.69, 9.17) is 11.6 Å². The highest BCUT2D eigenvalue weighted by molar-refractivity contribution is 7.91. The fraction of sp³-hybridized carbons (Fsp3) is 0.417. The predicted molar refractivity (Wildman–Crippen MR) is 77.2 cm³/mol. The van der Waals surface area contributed by atoms with Crippen LogP contribution in [0.1, 0.15) is 16.8 Å². The number of rotatable bonds is 4. The Balaban J connectivity index is 2.04. The van der Waals surface area contributed by atoms with Crippen LogP contribution in [0.5, 0.6) is 0 Å². The minimum atomic E-state index is -3.00. The highest BCUT2D eigenvalue weighted by atomic mass is 35.5. The van der Waals surface area contributed by atoms with Gasteiger partial charge in [0, 0.05) is 18.7 Å². The summed E-state index contributed by atoms with van der Waals surface area (Å²) in [7, 11) is -3.00. The number of hydrogen-bond donors (Lipinski definition) is 1. The molecule has 1 unspecified atom stereocenters. The lowest BCUT2D eigenvalue weighted by molar-refractivity contribution is -0.384. The molecule has 1 aliphatic rings. The average molecular weight is 333 g/mol. The van der Waals surface area contributed by atoms with Crippen molar-refractivity contribution < 1.29 is 18.1 Å². The highest BCUT2D eigenvalue weighted by Gasteiger charge is 2.28. The average Bonchev–Trinajstić information content (AvgIpc) is 2.76. The van der Waals surface area contributed by atoms with Gasteiger partial charge in [-0.1, -0.05) is 11.6 Å². The van der Waals surface area contributed by atoms with Crippen molar-refractivity contribution in [2.45, 2.75) is 6.42 Å². The number of benzene rings is 1. The maximum Gasteiger partial charge on any atom is 0.270 e. The molecule has 0 aromatic heterocycles. The smallest absolute Gasteiger partial charge is 0.270 e. The Kier molecular flexibility index (Phi) is 4.48. The van der Waals surface area contributed by atoms with Crippen molar-refractivity contribution >= 4 is 33.0 Å². The van der Waals surface area contributed by atoms with Crippen LogP contribution < -0.4 is 5.32 Å². The number of amides is 1. The zero-order chi connectivity index (χ0) is 15.6. The molecule has 0 radical (unpaired) electrons. The molecular formula is C12H13ClN2O5S. The van der Waals surface area contributed by atoms with E-state index in [1.807, 2.05) is 0 Å². The SMILES string of the molecule is O=C(NCC1CCS(=O)(=O)C1)c1cc([N+](=O)[O-])ccc1Cl. The summed E-state index contributed by atoms with van der Waals surface area (Å²) in [6.45, 7) is 0.205. The molecule has 1 aromatic rings. The van der Waals surface area contributed by atoms with E-state index in [9.17, 15) is 23.3 Å². The monoisotopic (exact) mass is 332 g/mol. The van der Waals surface area contributed by atoms with Gasteiger partial charge in [0.05, 0.1) is 27.0 Å². The molecule has 1 amide bonds. The predicted octanol–water partition coefficient (Wildman–Crippen LogP) is 1.41. The summed E-state index contributed by atoms with van der Waals surface area (Å²) in [6, 6.07) is 3.60. The summed E-state index contributed by atoms with van der Waals surface area (Å²) < 4.78 is 22.6. The van der Waals surface area contributed by atoms with Crippen LogP contribution in [0.2, 0.25) is 5.02 Å². The third kappa shape index (κ3) is 3.92. The topological polar surface area (TPSA) is 106 Å². The number of non-ortho nitro benzene ring substituents is 1. The van der Waals surface area contributed by atoms with Gasteiger partial charge in [-0.3, -0.25) is 14.9 Å². The minimum Gasteiger partial charge on any atom is -0.352 e. The maximum absolute atomic E-state index is 12.0. The molecule has 1 fully saturated rings. The molecule has 0 bridgehead atoms. The summed E-state index contributed by atoms with van der Waals surface area (Å²) in [4.78, 5) is 22.1. The largest absolute Gasteiger partial charge is 0.352 e. The number of carbonyl (C=O) groups is 1. The summed E-state index contributed by atoms with van der Waals surface area (Å²) >= 11 is 5.86. The first-order valence-corrected chi connectivity index (χ1v) is 8.41. The summed E-state index contributed by atoms with van der Waals surface area (Å²) in [5.74, 6) is -0.495. The van der Waals surface area contributed by atoms with Gasteiger partial charge in [0.15, 0.2) is 9.84 Å². The molecule has 0 saturated carbocycles. The van der Waals surface area contributed by atoms with Gasteiger partial charge in [-0.2, -0.15) is 0 Å². The lowest BCUT2D eigenvalue weighted by Gasteiger charge is -2.10. The second-order valence-corrected chi connectivity index (χ2v) is 7.54. The third-order valence-corrected chi connectivity index (χ3v) is 5.45. The number of halogens is 1. The van der Waals surface area contributed by atoms with Crippen molar-refractivity contribution in [1.82, 2.24) is 5.32 Å². The van der Waals surface area contributed by atoms with Gasteiger partial charge in [0.2, 0.25) is 0 Å². The number of sulfone groups is 1. The van der Waals surface area contributed by atoms with Crippen molar-refractivity contribution in [1.29, 1.82) is 0 Å². The number of nitrogens with one attached hydrogen (secondary N) is 1. The summed E-state index contributed by atoms with van der Waals surface area (Å²) in [5, 5.41) is 13.4. The van der Waals surface area contributed by atoms with Gasteiger partial charge in [-0.15, -0.1) is 0 Å². The number of carbonyl (C=O) groups excluding carboxylic acids is 1. The molecule has 1 N–H and O–H groups in total. The van der Waals surface area contributed by atoms with Crippen LogP contribution in [0.3, 0.4) is 0 Å². The fourth-order valence-corrected chi connectivity index (χ4v) is 4.23. The van der Waals surface area contributed by atoms with Crippen LogP contribution in [0.15, 0.2) is 18.2 Å². The van der Waals surface area contributed by atoms with Crippen LogP contribution in [-0.4, -0.2) is 37.3 Å². The van der Waals surface area contributed by atoms with Crippen LogP contribution >= 0.6 is 11.6 Å². The number of hydrogen-bond acceptors (Lipinski definition) is 5. The van der Waals surface area contributed by atoms with Crippen LogP contribution in [-0.2, 0) is 9.84 Å². The van der Waals surface area contributed by atoms with Gasteiger partial charge in [-0.05, 0) is 18.4 Å². The van der Waals surface area contributed by atoms with Crippen molar-refractivity contribution in [3.8, 4) is 0 Å². The Morgan fingerprint density at radius 1 is 1.48 bits per heavy atom. The molecule has 114 valence electrons. The van der Waals surface area contributed by atoms with Crippen LogP contribution in [0.4, 0.5) is 5.69 Å². The molecule has 0 aliphatic carbocycles. The molecular weight excluding hydrogens is 320 g/mol. The van der Waals surface area contributed by atoms with E-state index in [1.165, 1.54) is 12.1 Å². The van der Waals surface area contributed by atoms with E-state index in [2.05, 4.69) is 5.32 Å². The second-order valence-electron chi connectivity index (χ2n) is 4.90. The van der Waals surface area contributed by atoms with E-state index in [0.29, 0.717) is 6.42 Å². The van der Waals surface area contributed by atoms with E-state index in [-0.39, 0.29) is 40.2 Å². The van der Waals surface area contributed by atoms with Gasteiger partial charge < -0.3 is 5.32 Å². The molecule has 0 spiro atoms. The first kappa shape index (κ1) is 15.7. The van der Waals surface area contributed by atoms with E-state index in [0.717, 1.165) is 6.07 Å². The lowest BCUT2D eigenvalue weighted by atomic mass is 10.1. The second kappa shape index (κ2) is 5.98. The van der Waals surface area contributed by atoms with Gasteiger partial charge in [0.25, 0.3) is 11.6 Å². The van der Waals surface area contributed by atoms with E-state index in [1.54, 1.807) is 0 Å². The molecule has 1 saturated heterocycles. The van der Waals surface area contributed by atoms with E-state index >= 15 is 0 Å². The molecule has 21 heavy (non-hydrogen) atoms.